The van der Waals surface area contributed by atoms with Crippen LogP contribution >= 0.6 is 0 Å². The van der Waals surface area contributed by atoms with Gasteiger partial charge >= 0.3 is 12.0 Å². The van der Waals surface area contributed by atoms with Crippen molar-refractivity contribution in [1.82, 2.24) is 10.3 Å². The van der Waals surface area contributed by atoms with Gasteiger partial charge in [0.2, 0.25) is 0 Å². The average Bonchev–Trinajstić information content (AvgIpc) is 2.38. The van der Waals surface area contributed by atoms with Gasteiger partial charge in [0.1, 0.15) is 0 Å². The molecule has 1 fully saturated rings. The monoisotopic (exact) mass is 279 g/mol. The molecule has 0 radical (unpaired) electrons. The fourth-order valence-corrected chi connectivity index (χ4v) is 2.07. The highest BCUT2D eigenvalue weighted by atomic mass is 16.5. The molecule has 1 heterocycles. The number of rotatable bonds is 5. The molecular weight excluding hydrogens is 262 g/mol. The number of carboxylic acids is 1. The summed E-state index contributed by atoms with van der Waals surface area (Å²) in [5.74, 6) is -1.09. The maximum Gasteiger partial charge on any atom is 0.337 e. The molecule has 0 unspecified atom stereocenters. The third kappa shape index (κ3) is 3.24. The van der Waals surface area contributed by atoms with E-state index in [2.05, 4.69) is 15.6 Å². The Morgan fingerprint density at radius 2 is 2.20 bits per heavy atom. The molecule has 1 aliphatic rings. The first-order valence-corrected chi connectivity index (χ1v) is 6.33. The standard InChI is InChI=1S/C13H17N3O4/c1-20-13(3-2-4-13)8-15-12(19)16-10-5-9(11(17)18)6-14-7-10/h5-7H,2-4,8H2,1H3,(H,17,18)(H2,15,16,19). The van der Waals surface area contributed by atoms with E-state index in [1.807, 2.05) is 0 Å². The Labute approximate surface area is 116 Å². The molecule has 1 aromatic heterocycles. The third-order valence-electron chi connectivity index (χ3n) is 3.51. The molecular formula is C13H17N3O4. The predicted molar refractivity (Wildman–Crippen MR) is 71.8 cm³/mol. The van der Waals surface area contributed by atoms with E-state index in [0.717, 1.165) is 19.3 Å². The minimum atomic E-state index is -1.09. The van der Waals surface area contributed by atoms with Crippen molar-refractivity contribution < 1.29 is 19.4 Å². The molecule has 0 saturated heterocycles. The second kappa shape index (κ2) is 5.87. The number of methoxy groups -OCH3 is 1. The van der Waals surface area contributed by atoms with Gasteiger partial charge in [0.05, 0.1) is 23.0 Å². The van der Waals surface area contributed by atoms with Crippen LogP contribution in [0, 0.1) is 0 Å². The van der Waals surface area contributed by atoms with Crippen LogP contribution in [-0.2, 0) is 4.74 Å². The first-order valence-electron chi connectivity index (χ1n) is 6.33. The Bertz CT molecular complexity index is 509. The SMILES string of the molecule is COC1(CNC(=O)Nc2cncc(C(=O)O)c2)CCC1. The Hall–Kier alpha value is -2.15. The number of hydrogen-bond acceptors (Lipinski definition) is 4. The summed E-state index contributed by atoms with van der Waals surface area (Å²) in [4.78, 5) is 26.3. The molecule has 7 nitrogen and oxygen atoms in total. The minimum absolute atomic E-state index is 0.0233. The quantitative estimate of drug-likeness (QED) is 0.757. The van der Waals surface area contributed by atoms with Crippen LogP contribution in [0.15, 0.2) is 18.5 Å². The van der Waals surface area contributed by atoms with Crippen LogP contribution in [0.1, 0.15) is 29.6 Å². The number of aromatic carboxylic acids is 1. The number of pyridine rings is 1. The van der Waals surface area contributed by atoms with Crippen LogP contribution in [0.25, 0.3) is 0 Å². The predicted octanol–water partition coefficient (Wildman–Crippen LogP) is 1.47. The molecule has 108 valence electrons. The fourth-order valence-electron chi connectivity index (χ4n) is 2.07. The van der Waals surface area contributed by atoms with Crippen molar-refractivity contribution in [2.24, 2.45) is 0 Å². The highest BCUT2D eigenvalue weighted by Crippen LogP contribution is 2.34. The maximum absolute atomic E-state index is 11.7. The van der Waals surface area contributed by atoms with Crippen molar-refractivity contribution in [3.05, 3.63) is 24.0 Å². The van der Waals surface area contributed by atoms with E-state index in [9.17, 15) is 9.59 Å². The molecule has 0 spiro atoms. The fraction of sp³-hybridized carbons (Fsp3) is 0.462. The van der Waals surface area contributed by atoms with Crippen LogP contribution in [-0.4, -0.2) is 41.3 Å². The zero-order chi connectivity index (χ0) is 14.6. The van der Waals surface area contributed by atoms with Gasteiger partial charge in [-0.05, 0) is 25.3 Å². The second-order valence-electron chi connectivity index (χ2n) is 4.82. The molecule has 0 aliphatic heterocycles. The molecule has 7 heteroatoms. The van der Waals surface area contributed by atoms with E-state index in [-0.39, 0.29) is 11.2 Å². The number of carboxylic acid groups (broad SMARTS) is 1. The number of nitrogens with zero attached hydrogens (tertiary/aromatic N) is 1. The number of nitrogens with one attached hydrogen (secondary N) is 2. The van der Waals surface area contributed by atoms with Crippen molar-refractivity contribution in [2.75, 3.05) is 19.0 Å². The van der Waals surface area contributed by atoms with Crippen molar-refractivity contribution in [3.8, 4) is 0 Å². The van der Waals surface area contributed by atoms with E-state index in [1.54, 1.807) is 7.11 Å². The Morgan fingerprint density at radius 1 is 1.45 bits per heavy atom. The number of carbonyl (C=O) groups is 2. The molecule has 1 aliphatic carbocycles. The number of carbonyl (C=O) groups excluding carboxylic acids is 1. The Morgan fingerprint density at radius 3 is 2.75 bits per heavy atom. The van der Waals surface area contributed by atoms with E-state index in [1.165, 1.54) is 18.5 Å². The number of amides is 2. The number of hydrogen-bond donors (Lipinski definition) is 3. The lowest BCUT2D eigenvalue weighted by Crippen LogP contribution is -2.50. The van der Waals surface area contributed by atoms with Gasteiger partial charge in [-0.25, -0.2) is 9.59 Å². The normalized spacial score (nSPS) is 16.1. The highest BCUT2D eigenvalue weighted by Gasteiger charge is 2.37. The van der Waals surface area contributed by atoms with Crippen molar-refractivity contribution in [2.45, 2.75) is 24.9 Å². The van der Waals surface area contributed by atoms with E-state index < -0.39 is 12.0 Å². The van der Waals surface area contributed by atoms with Crippen LogP contribution in [0.3, 0.4) is 0 Å². The van der Waals surface area contributed by atoms with Crippen molar-refractivity contribution in [3.63, 3.8) is 0 Å². The van der Waals surface area contributed by atoms with Crippen molar-refractivity contribution >= 4 is 17.7 Å². The maximum atomic E-state index is 11.7. The molecule has 2 amide bonds. The number of aromatic nitrogens is 1. The van der Waals surface area contributed by atoms with E-state index >= 15 is 0 Å². The number of ether oxygens (including phenoxy) is 1. The summed E-state index contributed by atoms with van der Waals surface area (Å²) < 4.78 is 5.39. The molecule has 0 atom stereocenters. The molecule has 2 rings (SSSR count). The van der Waals surface area contributed by atoms with E-state index in [4.69, 9.17) is 9.84 Å². The molecule has 20 heavy (non-hydrogen) atoms. The lowest BCUT2D eigenvalue weighted by molar-refractivity contribution is -0.0671. The van der Waals surface area contributed by atoms with Gasteiger partial charge in [0.25, 0.3) is 0 Å². The lowest BCUT2D eigenvalue weighted by atomic mass is 9.80. The topological polar surface area (TPSA) is 101 Å². The average molecular weight is 279 g/mol. The Kier molecular flexibility index (Phi) is 4.19. The number of anilines is 1. The summed E-state index contributed by atoms with van der Waals surface area (Å²) in [6.45, 7) is 0.432. The van der Waals surface area contributed by atoms with Crippen LogP contribution < -0.4 is 10.6 Å². The third-order valence-corrected chi connectivity index (χ3v) is 3.51. The molecule has 1 saturated carbocycles. The Balaban J connectivity index is 1.88. The zero-order valence-corrected chi connectivity index (χ0v) is 11.2. The first kappa shape index (κ1) is 14.3. The van der Waals surface area contributed by atoms with E-state index in [0.29, 0.717) is 12.2 Å². The van der Waals surface area contributed by atoms with Gasteiger partial charge < -0.3 is 20.5 Å². The summed E-state index contributed by atoms with van der Waals surface area (Å²) in [6.07, 6.45) is 5.57. The molecule has 0 bridgehead atoms. The molecule has 0 aromatic carbocycles. The van der Waals surface area contributed by atoms with Gasteiger partial charge in [-0.15, -0.1) is 0 Å². The largest absolute Gasteiger partial charge is 0.478 e. The molecule has 3 N–H and O–H groups in total. The van der Waals surface area contributed by atoms with Gasteiger partial charge in [0.15, 0.2) is 0 Å². The van der Waals surface area contributed by atoms with Gasteiger partial charge in [0, 0.05) is 19.9 Å². The lowest BCUT2D eigenvalue weighted by Gasteiger charge is -2.40. The summed E-state index contributed by atoms with van der Waals surface area (Å²) in [5, 5.41) is 14.1. The highest BCUT2D eigenvalue weighted by molar-refractivity contribution is 5.92. The van der Waals surface area contributed by atoms with Crippen LogP contribution in [0.5, 0.6) is 0 Å². The smallest absolute Gasteiger partial charge is 0.337 e. The van der Waals surface area contributed by atoms with Crippen LogP contribution in [0.2, 0.25) is 0 Å². The summed E-state index contributed by atoms with van der Waals surface area (Å²) in [6, 6.07) is 0.947. The van der Waals surface area contributed by atoms with Gasteiger partial charge in [-0.2, -0.15) is 0 Å². The van der Waals surface area contributed by atoms with Gasteiger partial charge in [-0.1, -0.05) is 0 Å². The van der Waals surface area contributed by atoms with Crippen LogP contribution in [0.4, 0.5) is 10.5 Å². The zero-order valence-electron chi connectivity index (χ0n) is 11.2. The number of urea groups is 1. The molecule has 1 aromatic rings. The summed E-state index contributed by atoms with van der Waals surface area (Å²) in [7, 11) is 1.64. The second-order valence-corrected chi connectivity index (χ2v) is 4.82. The first-order chi connectivity index (χ1) is 9.54. The van der Waals surface area contributed by atoms with Gasteiger partial charge in [-0.3, -0.25) is 4.98 Å². The summed E-state index contributed by atoms with van der Waals surface area (Å²) in [5.41, 5.74) is 0.107. The van der Waals surface area contributed by atoms with Crippen molar-refractivity contribution in [1.29, 1.82) is 0 Å². The minimum Gasteiger partial charge on any atom is -0.478 e. The summed E-state index contributed by atoms with van der Waals surface area (Å²) >= 11 is 0.